The molecule has 0 aliphatic rings. The van der Waals surface area contributed by atoms with Gasteiger partial charge in [0.1, 0.15) is 5.82 Å². The number of fused-ring (bicyclic) bond motifs is 3. The van der Waals surface area contributed by atoms with E-state index in [0.29, 0.717) is 0 Å². The fourth-order valence-corrected chi connectivity index (χ4v) is 3.65. The smallest absolute Gasteiger partial charge is 0.123 e. The molecule has 0 bridgehead atoms. The third-order valence-electron chi connectivity index (χ3n) is 4.88. The van der Waals surface area contributed by atoms with Gasteiger partial charge in [0.15, 0.2) is 0 Å². The Kier molecular flexibility index (Phi) is 3.36. The molecule has 1 nitrogen and oxygen atoms in total. The molecule has 4 aromatic carbocycles. The largest absolute Gasteiger partial charge is 0.309 e. The minimum absolute atomic E-state index is 0.212. The number of benzene rings is 4. The van der Waals surface area contributed by atoms with Gasteiger partial charge in [-0.15, -0.1) is 0 Å². The van der Waals surface area contributed by atoms with E-state index in [2.05, 4.69) is 77.4 Å². The fourth-order valence-electron chi connectivity index (χ4n) is 3.65. The number of aromatic nitrogens is 1. The molecule has 1 heterocycles. The van der Waals surface area contributed by atoms with Gasteiger partial charge in [-0.05, 0) is 47.5 Å². The van der Waals surface area contributed by atoms with Crippen LogP contribution in [0, 0.1) is 5.82 Å². The van der Waals surface area contributed by atoms with E-state index in [1.54, 1.807) is 0 Å². The van der Waals surface area contributed by atoms with Crippen molar-refractivity contribution in [3.05, 3.63) is 103 Å². The Balaban J connectivity index is 1.69. The number of hydrogen-bond donors (Lipinski definition) is 0. The highest BCUT2D eigenvalue weighted by atomic mass is 19.1. The second-order valence-electron chi connectivity index (χ2n) is 6.42. The highest BCUT2D eigenvalue weighted by molar-refractivity contribution is 6.09. The molecule has 5 rings (SSSR count). The van der Waals surface area contributed by atoms with Crippen molar-refractivity contribution in [2.75, 3.05) is 0 Å². The summed E-state index contributed by atoms with van der Waals surface area (Å²) in [4.78, 5) is 0. The van der Waals surface area contributed by atoms with Crippen molar-refractivity contribution in [2.24, 2.45) is 0 Å². The third kappa shape index (κ3) is 2.31. The monoisotopic (exact) mass is 337 g/mol. The predicted molar refractivity (Wildman–Crippen MR) is 106 cm³/mol. The Morgan fingerprint density at radius 2 is 0.962 bits per heavy atom. The maximum atomic E-state index is 13.1. The van der Waals surface area contributed by atoms with Gasteiger partial charge in [0.05, 0.1) is 11.0 Å². The zero-order valence-corrected chi connectivity index (χ0v) is 14.1. The minimum Gasteiger partial charge on any atom is -0.309 e. The first-order chi connectivity index (χ1) is 12.8. The summed E-state index contributed by atoms with van der Waals surface area (Å²) in [6.07, 6.45) is 0. The second-order valence-corrected chi connectivity index (χ2v) is 6.42. The quantitative estimate of drug-likeness (QED) is 0.342. The molecule has 0 atom stereocenters. The molecule has 0 saturated heterocycles. The Bertz CT molecular complexity index is 1160. The zero-order valence-electron chi connectivity index (χ0n) is 14.1. The van der Waals surface area contributed by atoms with Crippen LogP contribution >= 0.6 is 0 Å². The summed E-state index contributed by atoms with van der Waals surface area (Å²) in [6, 6.07) is 32.0. The highest BCUT2D eigenvalue weighted by Gasteiger charge is 2.11. The lowest BCUT2D eigenvalue weighted by Gasteiger charge is -2.09. The number of halogens is 1. The lowest BCUT2D eigenvalue weighted by Crippen LogP contribution is -1.93. The van der Waals surface area contributed by atoms with Gasteiger partial charge in [0.2, 0.25) is 0 Å². The number of rotatable bonds is 2. The standard InChI is InChI=1S/C24H16FN/c25-19-13-9-17(10-14-19)18-11-15-20(16-12-18)26-23-7-3-1-5-21(23)22-6-2-4-8-24(22)26/h1-16H. The SMILES string of the molecule is Fc1ccc(-c2ccc(-n3c4ccccc4c4ccccc43)cc2)cc1. The lowest BCUT2D eigenvalue weighted by molar-refractivity contribution is 0.628. The Morgan fingerprint density at radius 1 is 0.500 bits per heavy atom. The molecule has 0 fully saturated rings. The zero-order chi connectivity index (χ0) is 17.5. The summed E-state index contributed by atoms with van der Waals surface area (Å²) in [5.41, 5.74) is 5.61. The minimum atomic E-state index is -0.212. The summed E-state index contributed by atoms with van der Waals surface area (Å²) in [5, 5.41) is 2.51. The molecule has 5 aromatic rings. The fraction of sp³-hybridized carbons (Fsp3) is 0. The van der Waals surface area contributed by atoms with E-state index in [1.165, 1.54) is 33.9 Å². The highest BCUT2D eigenvalue weighted by Crippen LogP contribution is 2.32. The van der Waals surface area contributed by atoms with Crippen LogP contribution in [-0.4, -0.2) is 4.57 Å². The molecule has 0 unspecified atom stereocenters. The van der Waals surface area contributed by atoms with Crippen molar-refractivity contribution >= 4 is 21.8 Å². The summed E-state index contributed by atoms with van der Waals surface area (Å²) in [7, 11) is 0. The van der Waals surface area contributed by atoms with Crippen LogP contribution in [-0.2, 0) is 0 Å². The van der Waals surface area contributed by atoms with Crippen molar-refractivity contribution in [1.82, 2.24) is 4.57 Å². The van der Waals surface area contributed by atoms with E-state index >= 15 is 0 Å². The molecule has 26 heavy (non-hydrogen) atoms. The first kappa shape index (κ1) is 14.9. The van der Waals surface area contributed by atoms with Crippen molar-refractivity contribution < 1.29 is 4.39 Å². The predicted octanol–water partition coefficient (Wildman–Crippen LogP) is 6.59. The molecule has 0 spiro atoms. The van der Waals surface area contributed by atoms with Crippen LogP contribution in [0.5, 0.6) is 0 Å². The number of para-hydroxylation sites is 2. The third-order valence-corrected chi connectivity index (χ3v) is 4.88. The van der Waals surface area contributed by atoms with Gasteiger partial charge in [-0.2, -0.15) is 0 Å². The molecule has 0 N–H and O–H groups in total. The molecular formula is C24H16FN. The summed E-state index contributed by atoms with van der Waals surface area (Å²) in [6.45, 7) is 0. The van der Waals surface area contributed by atoms with Gasteiger partial charge in [0.25, 0.3) is 0 Å². The summed E-state index contributed by atoms with van der Waals surface area (Å²) >= 11 is 0. The van der Waals surface area contributed by atoms with Crippen molar-refractivity contribution in [3.63, 3.8) is 0 Å². The van der Waals surface area contributed by atoms with E-state index in [0.717, 1.165) is 16.8 Å². The molecule has 0 radical (unpaired) electrons. The molecule has 0 aliphatic carbocycles. The van der Waals surface area contributed by atoms with E-state index in [1.807, 2.05) is 12.1 Å². The maximum absolute atomic E-state index is 13.1. The van der Waals surface area contributed by atoms with Crippen LogP contribution in [0.3, 0.4) is 0 Å². The van der Waals surface area contributed by atoms with Crippen LogP contribution in [0.4, 0.5) is 4.39 Å². The van der Waals surface area contributed by atoms with Crippen molar-refractivity contribution in [1.29, 1.82) is 0 Å². The average Bonchev–Trinajstić information content (AvgIpc) is 3.03. The first-order valence-electron chi connectivity index (χ1n) is 8.66. The van der Waals surface area contributed by atoms with E-state index < -0.39 is 0 Å². The van der Waals surface area contributed by atoms with Gasteiger partial charge in [-0.3, -0.25) is 0 Å². The molecule has 0 saturated carbocycles. The summed E-state index contributed by atoms with van der Waals surface area (Å²) < 4.78 is 15.4. The second kappa shape index (κ2) is 5.85. The average molecular weight is 337 g/mol. The van der Waals surface area contributed by atoms with Crippen molar-refractivity contribution in [2.45, 2.75) is 0 Å². The van der Waals surface area contributed by atoms with Gasteiger partial charge < -0.3 is 4.57 Å². The van der Waals surface area contributed by atoms with E-state index in [-0.39, 0.29) is 5.82 Å². The lowest BCUT2D eigenvalue weighted by atomic mass is 10.1. The van der Waals surface area contributed by atoms with Gasteiger partial charge in [-0.25, -0.2) is 4.39 Å². The molecule has 0 aliphatic heterocycles. The Morgan fingerprint density at radius 3 is 1.50 bits per heavy atom. The van der Waals surface area contributed by atoms with E-state index in [4.69, 9.17) is 0 Å². The van der Waals surface area contributed by atoms with Crippen LogP contribution in [0.1, 0.15) is 0 Å². The van der Waals surface area contributed by atoms with Crippen molar-refractivity contribution in [3.8, 4) is 16.8 Å². The molecular weight excluding hydrogens is 321 g/mol. The van der Waals surface area contributed by atoms with Gasteiger partial charge >= 0.3 is 0 Å². The molecule has 124 valence electrons. The maximum Gasteiger partial charge on any atom is 0.123 e. The number of nitrogens with zero attached hydrogens (tertiary/aromatic N) is 1. The molecule has 2 heteroatoms. The molecule has 1 aromatic heterocycles. The van der Waals surface area contributed by atoms with Crippen LogP contribution in [0.25, 0.3) is 38.6 Å². The first-order valence-corrected chi connectivity index (χ1v) is 8.66. The normalized spacial score (nSPS) is 11.3. The Hall–Kier alpha value is -3.39. The number of hydrogen-bond acceptors (Lipinski definition) is 0. The molecule has 0 amide bonds. The van der Waals surface area contributed by atoms with Gasteiger partial charge in [-0.1, -0.05) is 60.7 Å². The van der Waals surface area contributed by atoms with Gasteiger partial charge in [0, 0.05) is 16.5 Å². The topological polar surface area (TPSA) is 4.93 Å². The summed E-state index contributed by atoms with van der Waals surface area (Å²) in [5.74, 6) is -0.212. The Labute approximate surface area is 150 Å². The van der Waals surface area contributed by atoms with Crippen LogP contribution in [0.15, 0.2) is 97.1 Å². The van der Waals surface area contributed by atoms with E-state index in [9.17, 15) is 4.39 Å². The van der Waals surface area contributed by atoms with Crippen LogP contribution < -0.4 is 0 Å². The van der Waals surface area contributed by atoms with Crippen LogP contribution in [0.2, 0.25) is 0 Å².